The van der Waals surface area contributed by atoms with E-state index in [-0.39, 0.29) is 11.9 Å². The van der Waals surface area contributed by atoms with Gasteiger partial charge in [-0.15, -0.1) is 0 Å². The lowest BCUT2D eigenvalue weighted by Gasteiger charge is -2.51. The number of aromatic nitrogens is 2. The van der Waals surface area contributed by atoms with Gasteiger partial charge in [0.25, 0.3) is 0 Å². The molecule has 0 radical (unpaired) electrons. The van der Waals surface area contributed by atoms with E-state index in [1.165, 1.54) is 4.31 Å². The Labute approximate surface area is 124 Å². The molecule has 2 fully saturated rings. The number of nitrogens with zero attached hydrogens (tertiary/aromatic N) is 3. The molecule has 2 aliphatic heterocycles. The summed E-state index contributed by atoms with van der Waals surface area (Å²) in [6.45, 7) is 3.07. The standard InChI is InChI=1S/C13H19N3O4S/c1-2-21(17,18)16-9-13(10-16)7-11(3-6-19-13)20-12-8-14-4-5-15-12/h4-5,8,11H,2-3,6-7,9-10H2,1H3/t11-/m1/s1. The molecule has 2 aliphatic rings. The first-order valence-corrected chi connectivity index (χ1v) is 8.68. The number of hydrogen-bond acceptors (Lipinski definition) is 6. The summed E-state index contributed by atoms with van der Waals surface area (Å²) in [6, 6.07) is 0. The quantitative estimate of drug-likeness (QED) is 0.802. The van der Waals surface area contributed by atoms with Crippen molar-refractivity contribution in [1.29, 1.82) is 0 Å². The summed E-state index contributed by atoms with van der Waals surface area (Å²) in [7, 11) is -3.12. The largest absolute Gasteiger partial charge is 0.473 e. The normalized spacial score (nSPS) is 25.5. The third-order valence-corrected chi connectivity index (χ3v) is 5.74. The number of hydrogen-bond donors (Lipinski definition) is 0. The van der Waals surface area contributed by atoms with Crippen LogP contribution in [-0.2, 0) is 14.8 Å². The van der Waals surface area contributed by atoms with Gasteiger partial charge in [0.05, 0.1) is 24.2 Å². The van der Waals surface area contributed by atoms with E-state index in [0.29, 0.717) is 32.0 Å². The minimum absolute atomic E-state index is 0.0121. The van der Waals surface area contributed by atoms with E-state index in [4.69, 9.17) is 9.47 Å². The van der Waals surface area contributed by atoms with Crippen molar-refractivity contribution >= 4 is 10.0 Å². The molecule has 0 unspecified atom stereocenters. The molecular formula is C13H19N3O4S. The fourth-order valence-corrected chi connectivity index (χ4v) is 4.03. The predicted molar refractivity (Wildman–Crippen MR) is 75.4 cm³/mol. The second-order valence-electron chi connectivity index (χ2n) is 5.48. The summed E-state index contributed by atoms with van der Waals surface area (Å²) in [4.78, 5) is 8.07. The summed E-state index contributed by atoms with van der Waals surface area (Å²) in [6.07, 6.45) is 6.21. The van der Waals surface area contributed by atoms with E-state index < -0.39 is 15.6 Å². The van der Waals surface area contributed by atoms with Crippen LogP contribution in [0.3, 0.4) is 0 Å². The van der Waals surface area contributed by atoms with Crippen molar-refractivity contribution in [2.75, 3.05) is 25.4 Å². The van der Waals surface area contributed by atoms with Crippen molar-refractivity contribution in [3.63, 3.8) is 0 Å². The van der Waals surface area contributed by atoms with Gasteiger partial charge in [0, 0.05) is 38.3 Å². The fourth-order valence-electron chi connectivity index (χ4n) is 2.80. The van der Waals surface area contributed by atoms with E-state index in [0.717, 1.165) is 6.42 Å². The van der Waals surface area contributed by atoms with Gasteiger partial charge >= 0.3 is 0 Å². The first-order chi connectivity index (χ1) is 10.0. The predicted octanol–water partition coefficient (Wildman–Crippen LogP) is 0.438. The minimum atomic E-state index is -3.12. The highest BCUT2D eigenvalue weighted by Gasteiger charge is 2.51. The molecule has 1 spiro atoms. The third kappa shape index (κ3) is 3.02. The van der Waals surface area contributed by atoms with Crippen LogP contribution in [0.1, 0.15) is 19.8 Å². The van der Waals surface area contributed by atoms with Gasteiger partial charge in [-0.3, -0.25) is 4.98 Å². The van der Waals surface area contributed by atoms with Crippen molar-refractivity contribution in [3.05, 3.63) is 18.6 Å². The molecule has 0 saturated carbocycles. The molecule has 8 heteroatoms. The average molecular weight is 313 g/mol. The van der Waals surface area contributed by atoms with Crippen LogP contribution in [0.2, 0.25) is 0 Å². The molecule has 1 aromatic rings. The fraction of sp³-hybridized carbons (Fsp3) is 0.692. The zero-order valence-electron chi connectivity index (χ0n) is 11.9. The minimum Gasteiger partial charge on any atom is -0.473 e. The summed E-state index contributed by atoms with van der Waals surface area (Å²) in [5, 5.41) is 0. The number of ether oxygens (including phenoxy) is 2. The lowest BCUT2D eigenvalue weighted by Crippen LogP contribution is -2.67. The van der Waals surface area contributed by atoms with Crippen molar-refractivity contribution < 1.29 is 17.9 Å². The van der Waals surface area contributed by atoms with Crippen LogP contribution in [0.25, 0.3) is 0 Å². The molecule has 3 heterocycles. The van der Waals surface area contributed by atoms with Crippen molar-refractivity contribution in [3.8, 4) is 5.88 Å². The second kappa shape index (κ2) is 5.51. The van der Waals surface area contributed by atoms with Crippen molar-refractivity contribution in [2.45, 2.75) is 31.5 Å². The molecular weight excluding hydrogens is 294 g/mol. The topological polar surface area (TPSA) is 81.6 Å². The molecule has 21 heavy (non-hydrogen) atoms. The maximum Gasteiger partial charge on any atom is 0.232 e. The maximum atomic E-state index is 11.8. The Morgan fingerprint density at radius 3 is 2.95 bits per heavy atom. The van der Waals surface area contributed by atoms with Gasteiger partial charge in [-0.2, -0.15) is 4.31 Å². The monoisotopic (exact) mass is 313 g/mol. The third-order valence-electron chi connectivity index (χ3n) is 3.96. The molecule has 7 nitrogen and oxygen atoms in total. The van der Waals surface area contributed by atoms with Crippen LogP contribution in [-0.4, -0.2) is 59.8 Å². The summed E-state index contributed by atoms with van der Waals surface area (Å²) in [5.41, 5.74) is -0.395. The molecule has 2 saturated heterocycles. The van der Waals surface area contributed by atoms with Gasteiger partial charge in [-0.05, 0) is 6.92 Å². The number of sulfonamides is 1. The maximum absolute atomic E-state index is 11.8. The first-order valence-electron chi connectivity index (χ1n) is 7.07. The lowest BCUT2D eigenvalue weighted by molar-refractivity contribution is -0.165. The smallest absolute Gasteiger partial charge is 0.232 e. The SMILES string of the molecule is CCS(=O)(=O)N1CC2(C[C@H](Oc3cnccn3)CCO2)C1. The highest BCUT2D eigenvalue weighted by Crippen LogP contribution is 2.36. The molecule has 0 amide bonds. The van der Waals surface area contributed by atoms with Crippen LogP contribution >= 0.6 is 0 Å². The molecule has 3 rings (SSSR count). The summed E-state index contributed by atoms with van der Waals surface area (Å²) in [5.74, 6) is 0.625. The Kier molecular flexibility index (Phi) is 3.85. The van der Waals surface area contributed by atoms with Crippen LogP contribution in [0.5, 0.6) is 5.88 Å². The van der Waals surface area contributed by atoms with Crippen LogP contribution in [0.15, 0.2) is 18.6 Å². The zero-order valence-corrected chi connectivity index (χ0v) is 12.8. The first kappa shape index (κ1) is 14.7. The molecule has 0 bridgehead atoms. The van der Waals surface area contributed by atoms with E-state index >= 15 is 0 Å². The molecule has 0 aromatic carbocycles. The van der Waals surface area contributed by atoms with Gasteiger partial charge in [0.1, 0.15) is 6.10 Å². The van der Waals surface area contributed by atoms with E-state index in [9.17, 15) is 8.42 Å². The Morgan fingerprint density at radius 2 is 2.29 bits per heavy atom. The van der Waals surface area contributed by atoms with Crippen LogP contribution in [0, 0.1) is 0 Å². The van der Waals surface area contributed by atoms with Gasteiger partial charge < -0.3 is 9.47 Å². The summed E-state index contributed by atoms with van der Waals surface area (Å²) >= 11 is 0. The molecule has 0 N–H and O–H groups in total. The Balaban J connectivity index is 1.60. The molecule has 1 aromatic heterocycles. The lowest BCUT2D eigenvalue weighted by atomic mass is 9.86. The Hall–Kier alpha value is -1.25. The highest BCUT2D eigenvalue weighted by atomic mass is 32.2. The van der Waals surface area contributed by atoms with Crippen LogP contribution < -0.4 is 4.74 Å². The van der Waals surface area contributed by atoms with Crippen molar-refractivity contribution in [2.24, 2.45) is 0 Å². The Bertz CT molecular complexity index is 587. The van der Waals surface area contributed by atoms with E-state index in [1.807, 2.05) is 0 Å². The van der Waals surface area contributed by atoms with Gasteiger partial charge in [-0.25, -0.2) is 13.4 Å². The Morgan fingerprint density at radius 1 is 1.48 bits per heavy atom. The molecule has 0 aliphatic carbocycles. The molecule has 116 valence electrons. The molecule has 1 atom stereocenters. The van der Waals surface area contributed by atoms with Gasteiger partial charge in [0.15, 0.2) is 0 Å². The summed E-state index contributed by atoms with van der Waals surface area (Å²) < 4.78 is 36.7. The van der Waals surface area contributed by atoms with E-state index in [2.05, 4.69) is 9.97 Å². The van der Waals surface area contributed by atoms with Crippen molar-refractivity contribution in [1.82, 2.24) is 14.3 Å². The average Bonchev–Trinajstić information content (AvgIpc) is 2.46. The van der Waals surface area contributed by atoms with Crippen LogP contribution in [0.4, 0.5) is 0 Å². The zero-order chi connectivity index (χ0) is 14.9. The second-order valence-corrected chi connectivity index (χ2v) is 7.73. The van der Waals surface area contributed by atoms with Gasteiger partial charge in [0.2, 0.25) is 15.9 Å². The van der Waals surface area contributed by atoms with Gasteiger partial charge in [-0.1, -0.05) is 0 Å². The number of rotatable bonds is 4. The van der Waals surface area contributed by atoms with E-state index in [1.54, 1.807) is 25.5 Å². The highest BCUT2D eigenvalue weighted by molar-refractivity contribution is 7.89.